The zero-order valence-electron chi connectivity index (χ0n) is 8.57. The van der Waals surface area contributed by atoms with E-state index in [0.717, 1.165) is 10.7 Å². The second-order valence-corrected chi connectivity index (χ2v) is 6.67. The molecule has 0 N–H and O–H groups in total. The number of rotatable bonds is 2. The Kier molecular flexibility index (Phi) is 3.63. The molecule has 0 aliphatic heterocycles. The second kappa shape index (κ2) is 4.13. The molecule has 0 saturated heterocycles. The van der Waals surface area contributed by atoms with Crippen LogP contribution in [-0.2, 0) is 0 Å². The van der Waals surface area contributed by atoms with E-state index in [1.165, 1.54) is 32.1 Å². The summed E-state index contributed by atoms with van der Waals surface area (Å²) in [6.07, 6.45) is 7.08. The molecule has 0 nitrogen and oxygen atoms in total. The zero-order chi connectivity index (χ0) is 9.19. The van der Waals surface area contributed by atoms with Gasteiger partial charge in [-0.05, 0) is 43.4 Å². The SMILES string of the molecule is CC(C)(C)CCC1CCC(Br)C1. The monoisotopic (exact) mass is 232 g/mol. The molecule has 0 amide bonds. The highest BCUT2D eigenvalue weighted by Gasteiger charge is 2.23. The molecule has 0 bridgehead atoms. The molecule has 1 heteroatoms. The third-order valence-corrected chi connectivity index (χ3v) is 3.61. The molecule has 0 aromatic rings. The van der Waals surface area contributed by atoms with Crippen molar-refractivity contribution in [3.8, 4) is 0 Å². The fourth-order valence-electron chi connectivity index (χ4n) is 1.91. The van der Waals surface area contributed by atoms with Crippen molar-refractivity contribution in [2.24, 2.45) is 11.3 Å². The van der Waals surface area contributed by atoms with Crippen LogP contribution < -0.4 is 0 Å². The van der Waals surface area contributed by atoms with Crippen molar-refractivity contribution in [2.45, 2.75) is 57.7 Å². The smallest absolute Gasteiger partial charge is 0.0148 e. The predicted molar refractivity (Wildman–Crippen MR) is 58.7 cm³/mol. The Balaban J connectivity index is 2.16. The molecule has 0 aromatic carbocycles. The summed E-state index contributed by atoms with van der Waals surface area (Å²) in [5.74, 6) is 1.01. The van der Waals surface area contributed by atoms with Crippen LogP contribution in [-0.4, -0.2) is 4.83 Å². The van der Waals surface area contributed by atoms with Gasteiger partial charge in [-0.15, -0.1) is 0 Å². The highest BCUT2D eigenvalue weighted by atomic mass is 79.9. The summed E-state index contributed by atoms with van der Waals surface area (Å²) in [6.45, 7) is 7.02. The minimum Gasteiger partial charge on any atom is -0.0891 e. The largest absolute Gasteiger partial charge is 0.0891 e. The van der Waals surface area contributed by atoms with E-state index in [0.29, 0.717) is 5.41 Å². The van der Waals surface area contributed by atoms with Crippen LogP contribution in [0.3, 0.4) is 0 Å². The lowest BCUT2D eigenvalue weighted by atomic mass is 9.86. The Hall–Kier alpha value is 0.480. The van der Waals surface area contributed by atoms with Gasteiger partial charge in [-0.2, -0.15) is 0 Å². The van der Waals surface area contributed by atoms with Crippen molar-refractivity contribution in [3.05, 3.63) is 0 Å². The average molecular weight is 233 g/mol. The normalized spacial score (nSPS) is 31.0. The standard InChI is InChI=1S/C11H21Br/c1-11(2,3)7-6-9-4-5-10(12)8-9/h9-10H,4-8H2,1-3H3. The lowest BCUT2D eigenvalue weighted by Gasteiger charge is -2.20. The maximum atomic E-state index is 3.70. The molecule has 1 saturated carbocycles. The Morgan fingerprint density at radius 3 is 2.33 bits per heavy atom. The molecule has 72 valence electrons. The van der Waals surface area contributed by atoms with Crippen molar-refractivity contribution in [3.63, 3.8) is 0 Å². The van der Waals surface area contributed by atoms with E-state index in [1.807, 2.05) is 0 Å². The molecule has 1 fully saturated rings. The van der Waals surface area contributed by atoms with Gasteiger partial charge >= 0.3 is 0 Å². The molecule has 0 heterocycles. The van der Waals surface area contributed by atoms with Gasteiger partial charge in [0.15, 0.2) is 0 Å². The summed E-state index contributed by atoms with van der Waals surface area (Å²) >= 11 is 3.70. The maximum absolute atomic E-state index is 3.70. The van der Waals surface area contributed by atoms with Gasteiger partial charge < -0.3 is 0 Å². The van der Waals surface area contributed by atoms with E-state index in [2.05, 4.69) is 36.7 Å². The number of halogens is 1. The highest BCUT2D eigenvalue weighted by molar-refractivity contribution is 9.09. The first-order valence-electron chi connectivity index (χ1n) is 5.11. The van der Waals surface area contributed by atoms with Gasteiger partial charge in [0.25, 0.3) is 0 Å². The van der Waals surface area contributed by atoms with E-state index in [9.17, 15) is 0 Å². The Morgan fingerprint density at radius 2 is 1.92 bits per heavy atom. The molecule has 0 aromatic heterocycles. The van der Waals surface area contributed by atoms with Crippen molar-refractivity contribution in [1.82, 2.24) is 0 Å². The van der Waals surface area contributed by atoms with Crippen molar-refractivity contribution in [1.29, 1.82) is 0 Å². The number of alkyl halides is 1. The van der Waals surface area contributed by atoms with Gasteiger partial charge in [0.2, 0.25) is 0 Å². The van der Waals surface area contributed by atoms with Crippen LogP contribution in [0.2, 0.25) is 0 Å². The van der Waals surface area contributed by atoms with Crippen LogP contribution >= 0.6 is 15.9 Å². The summed E-state index contributed by atoms with van der Waals surface area (Å²) < 4.78 is 0. The van der Waals surface area contributed by atoms with Crippen LogP contribution in [0, 0.1) is 11.3 Å². The van der Waals surface area contributed by atoms with Crippen LogP contribution in [0.5, 0.6) is 0 Å². The lowest BCUT2D eigenvalue weighted by Crippen LogP contribution is -2.07. The third kappa shape index (κ3) is 3.93. The fourth-order valence-corrected chi connectivity index (χ4v) is 2.71. The van der Waals surface area contributed by atoms with E-state index >= 15 is 0 Å². The van der Waals surface area contributed by atoms with Crippen molar-refractivity contribution >= 4 is 15.9 Å². The van der Waals surface area contributed by atoms with Gasteiger partial charge in [0.1, 0.15) is 0 Å². The molecule has 0 radical (unpaired) electrons. The van der Waals surface area contributed by atoms with Crippen LogP contribution in [0.4, 0.5) is 0 Å². The first kappa shape index (κ1) is 10.6. The van der Waals surface area contributed by atoms with Gasteiger partial charge in [-0.3, -0.25) is 0 Å². The summed E-state index contributed by atoms with van der Waals surface area (Å²) in [4.78, 5) is 0.822. The minimum atomic E-state index is 0.532. The highest BCUT2D eigenvalue weighted by Crippen LogP contribution is 2.36. The van der Waals surface area contributed by atoms with Gasteiger partial charge in [-0.1, -0.05) is 36.7 Å². The maximum Gasteiger partial charge on any atom is 0.0148 e. The van der Waals surface area contributed by atoms with Gasteiger partial charge in [-0.25, -0.2) is 0 Å². The quantitative estimate of drug-likeness (QED) is 0.621. The first-order chi connectivity index (χ1) is 5.47. The third-order valence-electron chi connectivity index (χ3n) is 2.78. The molecule has 1 rings (SSSR count). The van der Waals surface area contributed by atoms with E-state index in [1.54, 1.807) is 0 Å². The Labute approximate surface area is 85.3 Å². The first-order valence-corrected chi connectivity index (χ1v) is 6.03. The fraction of sp³-hybridized carbons (Fsp3) is 1.00. The number of hydrogen-bond acceptors (Lipinski definition) is 0. The molecular weight excluding hydrogens is 212 g/mol. The summed E-state index contributed by atoms with van der Waals surface area (Å²) in [6, 6.07) is 0. The molecule has 1 aliphatic rings. The topological polar surface area (TPSA) is 0 Å². The Morgan fingerprint density at radius 1 is 1.25 bits per heavy atom. The molecule has 2 unspecified atom stereocenters. The van der Waals surface area contributed by atoms with Crippen molar-refractivity contribution in [2.75, 3.05) is 0 Å². The van der Waals surface area contributed by atoms with Crippen LogP contribution in [0.1, 0.15) is 52.9 Å². The van der Waals surface area contributed by atoms with Gasteiger partial charge in [0.05, 0.1) is 0 Å². The van der Waals surface area contributed by atoms with Crippen LogP contribution in [0.25, 0.3) is 0 Å². The number of hydrogen-bond donors (Lipinski definition) is 0. The van der Waals surface area contributed by atoms with Crippen molar-refractivity contribution < 1.29 is 0 Å². The molecule has 0 spiro atoms. The molecule has 2 atom stereocenters. The minimum absolute atomic E-state index is 0.532. The molecule has 1 aliphatic carbocycles. The van der Waals surface area contributed by atoms with Gasteiger partial charge in [0, 0.05) is 4.83 Å². The summed E-state index contributed by atoms with van der Waals surface area (Å²) in [7, 11) is 0. The van der Waals surface area contributed by atoms with E-state index in [-0.39, 0.29) is 0 Å². The predicted octanol–water partition coefficient (Wildman–Crippen LogP) is 4.38. The Bertz CT molecular complexity index is 134. The molecular formula is C11H21Br. The van der Waals surface area contributed by atoms with E-state index < -0.39 is 0 Å². The van der Waals surface area contributed by atoms with E-state index in [4.69, 9.17) is 0 Å². The summed E-state index contributed by atoms with van der Waals surface area (Å²) in [5, 5.41) is 0. The molecule has 12 heavy (non-hydrogen) atoms. The van der Waals surface area contributed by atoms with Crippen LogP contribution in [0.15, 0.2) is 0 Å². The second-order valence-electron chi connectivity index (χ2n) is 5.38. The zero-order valence-corrected chi connectivity index (χ0v) is 10.2. The lowest BCUT2D eigenvalue weighted by molar-refractivity contribution is 0.324. The average Bonchev–Trinajstić information content (AvgIpc) is 2.30. The summed E-state index contributed by atoms with van der Waals surface area (Å²) in [5.41, 5.74) is 0.532.